The lowest BCUT2D eigenvalue weighted by atomic mass is 9.96. The van der Waals surface area contributed by atoms with Gasteiger partial charge in [-0.25, -0.2) is 4.98 Å². The van der Waals surface area contributed by atoms with Crippen molar-refractivity contribution in [2.45, 2.75) is 38.1 Å². The van der Waals surface area contributed by atoms with Crippen LogP contribution in [0.15, 0.2) is 36.9 Å². The molecule has 3 aromatic rings. The lowest BCUT2D eigenvalue weighted by molar-refractivity contribution is 0.0695. The third kappa shape index (κ3) is 2.56. The van der Waals surface area contributed by atoms with Gasteiger partial charge in [0.2, 0.25) is 0 Å². The zero-order valence-corrected chi connectivity index (χ0v) is 15.3. The minimum Gasteiger partial charge on any atom is -0.348 e. The Kier molecular flexibility index (Phi) is 3.85. The summed E-state index contributed by atoms with van der Waals surface area (Å²) in [5.41, 5.74) is 4.45. The SMILES string of the molecule is O=C(c1cc2c(s1)CCCC2)N1CCc2[nH]cnc2C1c1cccnc1. The standard InChI is InChI=1S/C20H20N4OS/c25-20(17-10-13-4-1-2-6-16(13)26-17)24-9-7-15-18(23-12-22-15)19(24)14-5-3-8-21-11-14/h3,5,8,10-12,19H,1-2,4,6-7,9H2,(H,22,23). The summed E-state index contributed by atoms with van der Waals surface area (Å²) >= 11 is 1.68. The number of aromatic amines is 1. The first kappa shape index (κ1) is 15.8. The number of imidazole rings is 1. The number of pyridine rings is 1. The maximum absolute atomic E-state index is 13.4. The second-order valence-electron chi connectivity index (χ2n) is 6.97. The maximum Gasteiger partial charge on any atom is 0.264 e. The van der Waals surface area contributed by atoms with Gasteiger partial charge in [-0.2, -0.15) is 0 Å². The molecule has 26 heavy (non-hydrogen) atoms. The molecule has 0 aromatic carbocycles. The number of carbonyl (C=O) groups excluding carboxylic acids is 1. The zero-order chi connectivity index (χ0) is 17.5. The van der Waals surface area contributed by atoms with Crippen molar-refractivity contribution >= 4 is 17.2 Å². The van der Waals surface area contributed by atoms with Crippen molar-refractivity contribution in [3.8, 4) is 0 Å². The van der Waals surface area contributed by atoms with Crippen LogP contribution in [0.1, 0.15) is 55.9 Å². The van der Waals surface area contributed by atoms with Gasteiger partial charge in [0.15, 0.2) is 0 Å². The molecular formula is C20H20N4OS. The van der Waals surface area contributed by atoms with Gasteiger partial charge in [-0.15, -0.1) is 11.3 Å². The molecule has 2 aliphatic rings. The van der Waals surface area contributed by atoms with Crippen LogP contribution in [0.3, 0.4) is 0 Å². The number of H-pyrrole nitrogens is 1. The first-order chi connectivity index (χ1) is 12.8. The molecule has 5 nitrogen and oxygen atoms in total. The van der Waals surface area contributed by atoms with Gasteiger partial charge in [0.1, 0.15) is 6.04 Å². The van der Waals surface area contributed by atoms with Gasteiger partial charge in [-0.1, -0.05) is 6.07 Å². The number of hydrogen-bond donors (Lipinski definition) is 1. The maximum atomic E-state index is 13.4. The summed E-state index contributed by atoms with van der Waals surface area (Å²) < 4.78 is 0. The molecule has 132 valence electrons. The smallest absolute Gasteiger partial charge is 0.264 e. The normalized spacial score (nSPS) is 19.1. The van der Waals surface area contributed by atoms with Crippen molar-refractivity contribution in [2.24, 2.45) is 0 Å². The molecule has 1 aliphatic heterocycles. The van der Waals surface area contributed by atoms with Crippen LogP contribution in [0.25, 0.3) is 0 Å². The van der Waals surface area contributed by atoms with Gasteiger partial charge in [0.05, 0.1) is 16.9 Å². The van der Waals surface area contributed by atoms with E-state index in [9.17, 15) is 4.79 Å². The number of nitrogens with zero attached hydrogens (tertiary/aromatic N) is 3. The van der Waals surface area contributed by atoms with Crippen LogP contribution in [0.2, 0.25) is 0 Å². The molecule has 0 fully saturated rings. The lowest BCUT2D eigenvalue weighted by Crippen LogP contribution is -2.40. The third-order valence-corrected chi connectivity index (χ3v) is 6.62. The third-order valence-electron chi connectivity index (χ3n) is 5.39. The number of aromatic nitrogens is 3. The number of fused-ring (bicyclic) bond motifs is 2. The van der Waals surface area contributed by atoms with E-state index in [1.165, 1.54) is 23.3 Å². The molecule has 6 heteroatoms. The monoisotopic (exact) mass is 364 g/mol. The molecule has 0 saturated heterocycles. The summed E-state index contributed by atoms with van der Waals surface area (Å²) in [7, 11) is 0. The van der Waals surface area contributed by atoms with Crippen LogP contribution in [-0.4, -0.2) is 32.3 Å². The molecule has 1 aliphatic carbocycles. The minimum absolute atomic E-state index is 0.118. The van der Waals surface area contributed by atoms with Crippen LogP contribution >= 0.6 is 11.3 Å². The fourth-order valence-electron chi connectivity index (χ4n) is 4.11. The number of hydrogen-bond acceptors (Lipinski definition) is 4. The summed E-state index contributed by atoms with van der Waals surface area (Å²) in [4.78, 5) is 29.7. The van der Waals surface area contributed by atoms with Crippen LogP contribution in [0.4, 0.5) is 0 Å². The Morgan fingerprint density at radius 3 is 3.04 bits per heavy atom. The first-order valence-electron chi connectivity index (χ1n) is 9.16. The highest BCUT2D eigenvalue weighted by molar-refractivity contribution is 7.14. The number of carbonyl (C=O) groups is 1. The van der Waals surface area contributed by atoms with Crippen molar-refractivity contribution in [3.63, 3.8) is 0 Å². The average molecular weight is 364 g/mol. The Balaban J connectivity index is 1.54. The minimum atomic E-state index is -0.176. The molecular weight excluding hydrogens is 344 g/mol. The van der Waals surface area contributed by atoms with E-state index in [0.29, 0.717) is 6.54 Å². The van der Waals surface area contributed by atoms with E-state index in [2.05, 4.69) is 21.0 Å². The van der Waals surface area contributed by atoms with E-state index in [0.717, 1.165) is 41.1 Å². The van der Waals surface area contributed by atoms with Crippen LogP contribution in [0, 0.1) is 0 Å². The topological polar surface area (TPSA) is 61.9 Å². The molecule has 0 saturated carbocycles. The predicted molar refractivity (Wildman–Crippen MR) is 100 cm³/mol. The zero-order valence-electron chi connectivity index (χ0n) is 14.4. The van der Waals surface area contributed by atoms with Gasteiger partial charge in [-0.3, -0.25) is 9.78 Å². The fraction of sp³-hybridized carbons (Fsp3) is 0.350. The molecule has 1 atom stereocenters. The number of thiophene rings is 1. The summed E-state index contributed by atoms with van der Waals surface area (Å²) in [6.07, 6.45) is 10.8. The first-order valence-corrected chi connectivity index (χ1v) is 9.97. The number of nitrogens with one attached hydrogen (secondary N) is 1. The average Bonchev–Trinajstić information content (AvgIpc) is 3.33. The molecule has 1 amide bonds. The van der Waals surface area contributed by atoms with Crippen molar-refractivity contribution in [1.82, 2.24) is 19.9 Å². The second kappa shape index (κ2) is 6.36. The Morgan fingerprint density at radius 2 is 2.19 bits per heavy atom. The van der Waals surface area contributed by atoms with Gasteiger partial charge in [0.25, 0.3) is 5.91 Å². The van der Waals surface area contributed by atoms with Crippen LogP contribution in [0.5, 0.6) is 0 Å². The van der Waals surface area contributed by atoms with Gasteiger partial charge in [0, 0.05) is 35.9 Å². The molecule has 0 bridgehead atoms. The lowest BCUT2D eigenvalue weighted by Gasteiger charge is -2.34. The van der Waals surface area contributed by atoms with E-state index >= 15 is 0 Å². The molecule has 1 unspecified atom stereocenters. The van der Waals surface area contributed by atoms with Crippen molar-refractivity contribution in [3.05, 3.63) is 69.2 Å². The Labute approximate surface area is 156 Å². The number of rotatable bonds is 2. The Morgan fingerprint density at radius 1 is 1.27 bits per heavy atom. The Hall–Kier alpha value is -2.47. The quantitative estimate of drug-likeness (QED) is 0.757. The summed E-state index contributed by atoms with van der Waals surface area (Å²) in [6, 6.07) is 5.90. The summed E-state index contributed by atoms with van der Waals surface area (Å²) in [6.45, 7) is 0.691. The molecule has 0 spiro atoms. The van der Waals surface area contributed by atoms with Crippen LogP contribution in [-0.2, 0) is 19.3 Å². The fourth-order valence-corrected chi connectivity index (χ4v) is 5.32. The molecule has 1 N–H and O–H groups in total. The summed E-state index contributed by atoms with van der Waals surface area (Å²) in [5, 5.41) is 0. The number of amides is 1. The largest absolute Gasteiger partial charge is 0.348 e. The number of aryl methyl sites for hydroxylation is 2. The van der Waals surface area contributed by atoms with Crippen molar-refractivity contribution in [1.29, 1.82) is 0 Å². The van der Waals surface area contributed by atoms with Crippen LogP contribution < -0.4 is 0 Å². The van der Waals surface area contributed by atoms with E-state index in [1.807, 2.05) is 23.2 Å². The van der Waals surface area contributed by atoms with E-state index in [1.54, 1.807) is 23.9 Å². The Bertz CT molecular complexity index is 922. The molecule has 0 radical (unpaired) electrons. The highest BCUT2D eigenvalue weighted by atomic mass is 32.1. The predicted octanol–water partition coefficient (Wildman–Crippen LogP) is 3.53. The van der Waals surface area contributed by atoms with Gasteiger partial charge >= 0.3 is 0 Å². The van der Waals surface area contributed by atoms with E-state index in [4.69, 9.17) is 0 Å². The second-order valence-corrected chi connectivity index (χ2v) is 8.11. The highest BCUT2D eigenvalue weighted by Crippen LogP contribution is 2.36. The van der Waals surface area contributed by atoms with E-state index < -0.39 is 0 Å². The van der Waals surface area contributed by atoms with E-state index in [-0.39, 0.29) is 11.9 Å². The van der Waals surface area contributed by atoms with Gasteiger partial charge < -0.3 is 9.88 Å². The van der Waals surface area contributed by atoms with Crippen molar-refractivity contribution in [2.75, 3.05) is 6.54 Å². The molecule has 3 aromatic heterocycles. The van der Waals surface area contributed by atoms with Crippen molar-refractivity contribution < 1.29 is 4.79 Å². The molecule has 4 heterocycles. The van der Waals surface area contributed by atoms with Gasteiger partial charge in [-0.05, 0) is 48.9 Å². The highest BCUT2D eigenvalue weighted by Gasteiger charge is 2.35. The molecule has 5 rings (SSSR count). The summed E-state index contributed by atoms with van der Waals surface area (Å²) in [5.74, 6) is 0.118.